The van der Waals surface area contributed by atoms with Crippen LogP contribution in [0.4, 0.5) is 4.79 Å². The fraction of sp³-hybridized carbons (Fsp3) is 0.222. The zero-order valence-electron chi connectivity index (χ0n) is 13.0. The van der Waals surface area contributed by atoms with Gasteiger partial charge in [0.05, 0.1) is 13.2 Å². The van der Waals surface area contributed by atoms with Gasteiger partial charge in [0.15, 0.2) is 5.44 Å². The van der Waals surface area contributed by atoms with Gasteiger partial charge in [-0.2, -0.15) is 0 Å². The van der Waals surface area contributed by atoms with E-state index in [2.05, 4.69) is 0 Å². The summed E-state index contributed by atoms with van der Waals surface area (Å²) in [4.78, 5) is 25.5. The minimum absolute atomic E-state index is 0.241. The van der Waals surface area contributed by atoms with E-state index in [0.29, 0.717) is 6.61 Å². The summed E-state index contributed by atoms with van der Waals surface area (Å²) in [6.45, 7) is 0.831. The third kappa shape index (κ3) is 4.15. The molecule has 124 valence electrons. The normalized spacial score (nSPS) is 17.3. The molecular weight excluding hydrogens is 326 g/mol. The van der Waals surface area contributed by atoms with Crippen LogP contribution in [0.15, 0.2) is 60.7 Å². The Kier molecular flexibility index (Phi) is 5.51. The van der Waals surface area contributed by atoms with Crippen molar-refractivity contribution in [1.29, 1.82) is 0 Å². The van der Waals surface area contributed by atoms with Crippen molar-refractivity contribution in [2.45, 2.75) is 12.0 Å². The van der Waals surface area contributed by atoms with Gasteiger partial charge in [-0.15, -0.1) is 0 Å². The average Bonchev–Trinajstić information content (AvgIpc) is 2.88. The van der Waals surface area contributed by atoms with E-state index in [-0.39, 0.29) is 24.3 Å². The molecule has 5 nitrogen and oxygen atoms in total. The van der Waals surface area contributed by atoms with Crippen LogP contribution in [0.5, 0.6) is 5.75 Å². The van der Waals surface area contributed by atoms with Crippen molar-refractivity contribution in [1.82, 2.24) is 4.90 Å². The van der Waals surface area contributed by atoms with E-state index in [9.17, 15) is 9.59 Å². The lowest BCUT2D eigenvalue weighted by Crippen LogP contribution is -2.32. The van der Waals surface area contributed by atoms with Gasteiger partial charge in [-0.25, -0.2) is 0 Å². The first kappa shape index (κ1) is 16.5. The Hall–Kier alpha value is -2.31. The van der Waals surface area contributed by atoms with Crippen LogP contribution in [0.3, 0.4) is 0 Å². The Morgan fingerprint density at radius 2 is 1.58 bits per heavy atom. The highest BCUT2D eigenvalue weighted by Crippen LogP contribution is 2.29. The van der Waals surface area contributed by atoms with Crippen LogP contribution in [-0.2, 0) is 16.1 Å². The van der Waals surface area contributed by atoms with Crippen molar-refractivity contribution in [3.63, 3.8) is 0 Å². The second-order valence-electron chi connectivity index (χ2n) is 5.16. The maximum atomic E-state index is 12.3. The van der Waals surface area contributed by atoms with E-state index in [0.717, 1.165) is 23.1 Å². The molecule has 0 spiro atoms. The van der Waals surface area contributed by atoms with Gasteiger partial charge in [0.2, 0.25) is 0 Å². The number of hydrogen-bond donors (Lipinski definition) is 0. The summed E-state index contributed by atoms with van der Waals surface area (Å²) < 4.78 is 11.0. The molecule has 1 aliphatic heterocycles. The van der Waals surface area contributed by atoms with Crippen LogP contribution >= 0.6 is 11.8 Å². The van der Waals surface area contributed by atoms with Gasteiger partial charge < -0.3 is 9.47 Å². The molecule has 1 aliphatic rings. The number of ether oxygens (including phenoxy) is 2. The number of benzene rings is 2. The van der Waals surface area contributed by atoms with Crippen LogP contribution in [0.1, 0.15) is 5.56 Å². The molecule has 3 rings (SSSR count). The van der Waals surface area contributed by atoms with E-state index in [4.69, 9.17) is 9.47 Å². The van der Waals surface area contributed by atoms with Crippen LogP contribution in [0.25, 0.3) is 0 Å². The quantitative estimate of drug-likeness (QED) is 0.722. The summed E-state index contributed by atoms with van der Waals surface area (Å²) in [5.41, 5.74) is 0.119. The fourth-order valence-electron chi connectivity index (χ4n) is 2.27. The Labute approximate surface area is 144 Å². The van der Waals surface area contributed by atoms with Gasteiger partial charge in [0.25, 0.3) is 11.1 Å². The third-order valence-corrected chi connectivity index (χ3v) is 4.42. The maximum absolute atomic E-state index is 12.3. The van der Waals surface area contributed by atoms with Crippen LogP contribution in [-0.4, -0.2) is 34.7 Å². The maximum Gasteiger partial charge on any atom is 0.291 e. The first-order valence-electron chi connectivity index (χ1n) is 7.59. The number of para-hydroxylation sites is 1. The van der Waals surface area contributed by atoms with E-state index in [1.54, 1.807) is 0 Å². The zero-order chi connectivity index (χ0) is 16.8. The molecule has 1 unspecified atom stereocenters. The number of rotatable bonds is 7. The minimum atomic E-state index is -0.791. The summed E-state index contributed by atoms with van der Waals surface area (Å²) in [6, 6.07) is 18.8. The second kappa shape index (κ2) is 7.99. The van der Waals surface area contributed by atoms with Gasteiger partial charge in [0, 0.05) is 0 Å². The number of amides is 2. The number of carbonyl (C=O) groups is 2. The number of hydrogen-bond acceptors (Lipinski definition) is 5. The molecule has 2 amide bonds. The standard InChI is InChI=1S/C18H17NO4S/c20-16-17(23-12-11-22-15-9-5-2-6-10-15)24-18(21)19(16)13-14-7-3-1-4-8-14/h1-10,17H,11-13H2. The lowest BCUT2D eigenvalue weighted by atomic mass is 10.2. The van der Waals surface area contributed by atoms with Crippen molar-refractivity contribution in [3.8, 4) is 5.75 Å². The Morgan fingerprint density at radius 3 is 2.29 bits per heavy atom. The fourth-order valence-corrected chi connectivity index (χ4v) is 3.13. The molecular formula is C18H17NO4S. The first-order chi connectivity index (χ1) is 11.7. The van der Waals surface area contributed by atoms with E-state index in [1.807, 2.05) is 60.7 Å². The van der Waals surface area contributed by atoms with Crippen molar-refractivity contribution in [2.24, 2.45) is 0 Å². The van der Waals surface area contributed by atoms with E-state index >= 15 is 0 Å². The van der Waals surface area contributed by atoms with E-state index < -0.39 is 5.44 Å². The molecule has 1 heterocycles. The lowest BCUT2D eigenvalue weighted by Gasteiger charge is -2.14. The lowest BCUT2D eigenvalue weighted by molar-refractivity contribution is -0.134. The monoisotopic (exact) mass is 343 g/mol. The SMILES string of the molecule is O=C1SC(OCCOc2ccccc2)C(=O)N1Cc1ccccc1. The van der Waals surface area contributed by atoms with Gasteiger partial charge in [-0.05, 0) is 29.5 Å². The van der Waals surface area contributed by atoms with Gasteiger partial charge in [-0.1, -0.05) is 48.5 Å². The number of thioether (sulfide) groups is 1. The van der Waals surface area contributed by atoms with Crippen molar-refractivity contribution in [2.75, 3.05) is 13.2 Å². The third-order valence-electron chi connectivity index (χ3n) is 3.44. The highest BCUT2D eigenvalue weighted by molar-refractivity contribution is 8.15. The molecule has 0 aromatic heterocycles. The van der Waals surface area contributed by atoms with Crippen LogP contribution in [0.2, 0.25) is 0 Å². The summed E-state index contributed by atoms with van der Waals surface area (Å²) in [7, 11) is 0. The minimum Gasteiger partial charge on any atom is -0.491 e. The molecule has 1 atom stereocenters. The molecule has 0 saturated carbocycles. The Bertz CT molecular complexity index is 693. The number of carbonyl (C=O) groups excluding carboxylic acids is 2. The van der Waals surface area contributed by atoms with Gasteiger partial charge in [0.1, 0.15) is 12.4 Å². The smallest absolute Gasteiger partial charge is 0.291 e. The molecule has 1 saturated heterocycles. The molecule has 0 aliphatic carbocycles. The van der Waals surface area contributed by atoms with Crippen LogP contribution < -0.4 is 4.74 Å². The molecule has 2 aromatic rings. The van der Waals surface area contributed by atoms with Crippen molar-refractivity contribution < 1.29 is 19.1 Å². The predicted octanol–water partition coefficient (Wildman–Crippen LogP) is 3.30. The molecule has 0 N–H and O–H groups in total. The summed E-state index contributed by atoms with van der Waals surface area (Å²) >= 11 is 0.907. The highest BCUT2D eigenvalue weighted by atomic mass is 32.2. The number of nitrogens with zero attached hydrogens (tertiary/aromatic N) is 1. The average molecular weight is 343 g/mol. The Morgan fingerprint density at radius 1 is 0.917 bits per heavy atom. The molecule has 0 radical (unpaired) electrons. The van der Waals surface area contributed by atoms with E-state index in [1.165, 1.54) is 4.90 Å². The molecule has 2 aromatic carbocycles. The predicted molar refractivity (Wildman–Crippen MR) is 91.7 cm³/mol. The largest absolute Gasteiger partial charge is 0.491 e. The summed E-state index contributed by atoms with van der Waals surface area (Å²) in [6.07, 6.45) is 0. The molecule has 0 bridgehead atoms. The molecule has 24 heavy (non-hydrogen) atoms. The highest BCUT2D eigenvalue weighted by Gasteiger charge is 2.40. The second-order valence-corrected chi connectivity index (χ2v) is 6.17. The zero-order valence-corrected chi connectivity index (χ0v) is 13.8. The van der Waals surface area contributed by atoms with Gasteiger partial charge >= 0.3 is 0 Å². The summed E-state index contributed by atoms with van der Waals surface area (Å²) in [5.74, 6) is 0.432. The Balaban J connectivity index is 1.47. The van der Waals surface area contributed by atoms with Gasteiger partial charge in [-0.3, -0.25) is 14.5 Å². The first-order valence-corrected chi connectivity index (χ1v) is 8.47. The van der Waals surface area contributed by atoms with Crippen LogP contribution in [0, 0.1) is 0 Å². The molecule has 1 fully saturated rings. The van der Waals surface area contributed by atoms with Crippen molar-refractivity contribution >= 4 is 22.9 Å². The number of imide groups is 1. The summed E-state index contributed by atoms with van der Waals surface area (Å²) in [5, 5.41) is -0.280. The topological polar surface area (TPSA) is 55.8 Å². The van der Waals surface area contributed by atoms with Crippen molar-refractivity contribution in [3.05, 3.63) is 66.2 Å². The molecule has 6 heteroatoms.